The lowest BCUT2D eigenvalue weighted by atomic mass is 9.85. The highest BCUT2D eigenvalue weighted by Crippen LogP contribution is 2.21. The van der Waals surface area contributed by atoms with Crippen LogP contribution in [0.3, 0.4) is 0 Å². The van der Waals surface area contributed by atoms with E-state index in [4.69, 9.17) is 5.73 Å². The van der Waals surface area contributed by atoms with Crippen LogP contribution in [0.25, 0.3) is 0 Å². The molecule has 4 N–H and O–H groups in total. The van der Waals surface area contributed by atoms with E-state index in [1.807, 2.05) is 30.3 Å². The van der Waals surface area contributed by atoms with Gasteiger partial charge in [-0.3, -0.25) is 0 Å². The van der Waals surface area contributed by atoms with Gasteiger partial charge >= 0.3 is 6.03 Å². The molecule has 0 saturated carbocycles. The largest absolute Gasteiger partial charge is 0.335 e. The second-order valence-corrected chi connectivity index (χ2v) is 5.81. The first kappa shape index (κ1) is 15.5. The van der Waals surface area contributed by atoms with Crippen molar-refractivity contribution in [3.63, 3.8) is 0 Å². The molecule has 0 bridgehead atoms. The van der Waals surface area contributed by atoms with Crippen LogP contribution in [-0.2, 0) is 6.54 Å². The maximum atomic E-state index is 11.9. The number of carbonyl (C=O) groups is 1. The Morgan fingerprint density at radius 1 is 1.26 bits per heavy atom. The lowest BCUT2D eigenvalue weighted by Gasteiger charge is -2.31. The van der Waals surface area contributed by atoms with Crippen molar-refractivity contribution in [3.8, 4) is 0 Å². The predicted octanol–water partition coefficient (Wildman–Crippen LogP) is 2.25. The van der Waals surface area contributed by atoms with Crippen molar-refractivity contribution in [1.82, 2.24) is 10.6 Å². The zero-order valence-corrected chi connectivity index (χ0v) is 12.1. The molecule has 1 aromatic rings. The average Bonchev–Trinajstić information content (AvgIpc) is 2.36. The zero-order chi connectivity index (χ0) is 14.3. The standard InChI is InChI=1S/C15H25N3O/c1-15(2,3)13(9-10-16)18-14(19)17-11-12-7-5-4-6-8-12/h4-8,13H,9-11,16H2,1-3H3,(H2,17,18,19). The summed E-state index contributed by atoms with van der Waals surface area (Å²) in [7, 11) is 0. The van der Waals surface area contributed by atoms with Gasteiger partial charge in [-0.1, -0.05) is 51.1 Å². The number of hydrogen-bond donors (Lipinski definition) is 3. The van der Waals surface area contributed by atoms with E-state index in [0.717, 1.165) is 12.0 Å². The third-order valence-corrected chi connectivity index (χ3v) is 3.10. The molecule has 19 heavy (non-hydrogen) atoms. The molecule has 4 nitrogen and oxygen atoms in total. The molecule has 0 aliphatic carbocycles. The highest BCUT2D eigenvalue weighted by atomic mass is 16.2. The van der Waals surface area contributed by atoms with Crippen LogP contribution in [0, 0.1) is 5.41 Å². The molecule has 1 atom stereocenters. The van der Waals surface area contributed by atoms with Crippen molar-refractivity contribution < 1.29 is 4.79 Å². The molecular weight excluding hydrogens is 238 g/mol. The first-order valence-electron chi connectivity index (χ1n) is 6.72. The Morgan fingerprint density at radius 2 is 1.89 bits per heavy atom. The molecule has 2 amide bonds. The number of nitrogens with one attached hydrogen (secondary N) is 2. The Bertz CT molecular complexity index is 384. The van der Waals surface area contributed by atoms with Crippen molar-refractivity contribution >= 4 is 6.03 Å². The van der Waals surface area contributed by atoms with Crippen LogP contribution in [0.1, 0.15) is 32.8 Å². The third kappa shape index (κ3) is 5.75. The fourth-order valence-corrected chi connectivity index (χ4v) is 1.88. The lowest BCUT2D eigenvalue weighted by Crippen LogP contribution is -2.48. The van der Waals surface area contributed by atoms with E-state index < -0.39 is 0 Å². The van der Waals surface area contributed by atoms with Crippen LogP contribution in [0.2, 0.25) is 0 Å². The van der Waals surface area contributed by atoms with Crippen molar-refractivity contribution in [1.29, 1.82) is 0 Å². The summed E-state index contributed by atoms with van der Waals surface area (Å²) < 4.78 is 0. The van der Waals surface area contributed by atoms with Gasteiger partial charge in [0, 0.05) is 12.6 Å². The molecule has 0 aromatic heterocycles. The molecule has 0 fully saturated rings. The van der Waals surface area contributed by atoms with Crippen LogP contribution in [0.5, 0.6) is 0 Å². The van der Waals surface area contributed by atoms with E-state index in [-0.39, 0.29) is 17.5 Å². The second-order valence-electron chi connectivity index (χ2n) is 5.81. The summed E-state index contributed by atoms with van der Waals surface area (Å²) in [6.07, 6.45) is 0.780. The fraction of sp³-hybridized carbons (Fsp3) is 0.533. The van der Waals surface area contributed by atoms with Crippen molar-refractivity contribution in [2.24, 2.45) is 11.1 Å². The van der Waals surface area contributed by atoms with Gasteiger partial charge in [-0.25, -0.2) is 4.79 Å². The van der Waals surface area contributed by atoms with E-state index in [1.165, 1.54) is 0 Å². The summed E-state index contributed by atoms with van der Waals surface area (Å²) in [5.41, 5.74) is 6.69. The van der Waals surface area contributed by atoms with Gasteiger partial charge < -0.3 is 16.4 Å². The fourth-order valence-electron chi connectivity index (χ4n) is 1.88. The molecular formula is C15H25N3O. The van der Waals surface area contributed by atoms with Gasteiger partial charge in [0.15, 0.2) is 0 Å². The van der Waals surface area contributed by atoms with Gasteiger partial charge in [-0.05, 0) is 23.9 Å². The average molecular weight is 263 g/mol. The summed E-state index contributed by atoms with van der Waals surface area (Å²) in [5.74, 6) is 0. The molecule has 1 unspecified atom stereocenters. The molecule has 4 heteroatoms. The van der Waals surface area contributed by atoms with Gasteiger partial charge in [0.2, 0.25) is 0 Å². The third-order valence-electron chi connectivity index (χ3n) is 3.10. The van der Waals surface area contributed by atoms with E-state index in [0.29, 0.717) is 13.1 Å². The van der Waals surface area contributed by atoms with Crippen LogP contribution in [0.15, 0.2) is 30.3 Å². The number of urea groups is 1. The van der Waals surface area contributed by atoms with E-state index in [9.17, 15) is 4.79 Å². The highest BCUT2D eigenvalue weighted by molar-refractivity contribution is 5.74. The Labute approximate surface area is 115 Å². The molecule has 1 aromatic carbocycles. The Balaban J connectivity index is 2.45. The minimum atomic E-state index is -0.141. The van der Waals surface area contributed by atoms with Crippen LogP contribution >= 0.6 is 0 Å². The monoisotopic (exact) mass is 263 g/mol. The van der Waals surface area contributed by atoms with Gasteiger partial charge in [0.05, 0.1) is 0 Å². The highest BCUT2D eigenvalue weighted by Gasteiger charge is 2.25. The topological polar surface area (TPSA) is 67.1 Å². The molecule has 0 radical (unpaired) electrons. The first-order valence-corrected chi connectivity index (χ1v) is 6.72. The van der Waals surface area contributed by atoms with Crippen molar-refractivity contribution in [3.05, 3.63) is 35.9 Å². The van der Waals surface area contributed by atoms with Gasteiger partial charge in [0.25, 0.3) is 0 Å². The van der Waals surface area contributed by atoms with Crippen LogP contribution in [-0.4, -0.2) is 18.6 Å². The Kier molecular flexibility index (Phi) is 5.83. The lowest BCUT2D eigenvalue weighted by molar-refractivity contribution is 0.214. The van der Waals surface area contributed by atoms with Crippen molar-refractivity contribution in [2.45, 2.75) is 39.8 Å². The first-order chi connectivity index (χ1) is 8.93. The minimum Gasteiger partial charge on any atom is -0.335 e. The SMILES string of the molecule is CC(C)(C)C(CCN)NC(=O)NCc1ccccc1. The van der Waals surface area contributed by atoms with E-state index in [2.05, 4.69) is 31.4 Å². The molecule has 0 spiro atoms. The number of nitrogens with two attached hydrogens (primary N) is 1. The summed E-state index contributed by atoms with van der Waals surface area (Å²) in [6, 6.07) is 9.79. The normalized spacial score (nSPS) is 12.8. The smallest absolute Gasteiger partial charge is 0.315 e. The zero-order valence-electron chi connectivity index (χ0n) is 12.1. The maximum Gasteiger partial charge on any atom is 0.315 e. The van der Waals surface area contributed by atoms with Crippen molar-refractivity contribution in [2.75, 3.05) is 6.54 Å². The number of rotatable bonds is 5. The quantitative estimate of drug-likeness (QED) is 0.762. The minimum absolute atomic E-state index is 0.00343. The predicted molar refractivity (Wildman–Crippen MR) is 78.7 cm³/mol. The molecule has 0 aliphatic rings. The number of amides is 2. The molecule has 1 rings (SSSR count). The van der Waals surface area contributed by atoms with Crippen LogP contribution in [0.4, 0.5) is 4.79 Å². The van der Waals surface area contributed by atoms with Gasteiger partial charge in [0.1, 0.15) is 0 Å². The summed E-state index contributed by atoms with van der Waals surface area (Å²) >= 11 is 0. The van der Waals surface area contributed by atoms with Gasteiger partial charge in [-0.15, -0.1) is 0 Å². The molecule has 0 aliphatic heterocycles. The number of hydrogen-bond acceptors (Lipinski definition) is 2. The summed E-state index contributed by atoms with van der Waals surface area (Å²) in [6.45, 7) is 7.41. The number of carbonyl (C=O) groups excluding carboxylic acids is 1. The molecule has 106 valence electrons. The second kappa shape index (κ2) is 7.14. The summed E-state index contributed by atoms with van der Waals surface area (Å²) in [5, 5.41) is 5.87. The Morgan fingerprint density at radius 3 is 2.42 bits per heavy atom. The van der Waals surface area contributed by atoms with Gasteiger partial charge in [-0.2, -0.15) is 0 Å². The molecule has 0 saturated heterocycles. The van der Waals surface area contributed by atoms with E-state index in [1.54, 1.807) is 0 Å². The summed E-state index contributed by atoms with van der Waals surface area (Å²) in [4.78, 5) is 11.9. The Hall–Kier alpha value is -1.55. The van der Waals surface area contributed by atoms with Crippen LogP contribution < -0.4 is 16.4 Å². The maximum absolute atomic E-state index is 11.9. The number of benzene rings is 1. The van der Waals surface area contributed by atoms with E-state index >= 15 is 0 Å². The molecule has 0 heterocycles.